The largest absolute Gasteiger partial charge is 0.467 e. The van der Waals surface area contributed by atoms with Crippen LogP contribution in [0.2, 0.25) is 0 Å². The van der Waals surface area contributed by atoms with Gasteiger partial charge in [-0.15, -0.1) is 0 Å². The van der Waals surface area contributed by atoms with Crippen LogP contribution in [0.1, 0.15) is 33.6 Å². The van der Waals surface area contributed by atoms with Crippen molar-refractivity contribution in [3.8, 4) is 6.01 Å². The second-order valence-corrected chi connectivity index (χ2v) is 5.20. The Morgan fingerprint density at radius 2 is 2.10 bits per heavy atom. The summed E-state index contributed by atoms with van der Waals surface area (Å²) in [6, 6.07) is 0.302. The van der Waals surface area contributed by atoms with E-state index in [9.17, 15) is 0 Å². The third-order valence-corrected chi connectivity index (χ3v) is 3.61. The number of methoxy groups -OCH3 is 1. The number of aromatic nitrogens is 3. The van der Waals surface area contributed by atoms with Crippen LogP contribution in [0.15, 0.2) is 0 Å². The van der Waals surface area contributed by atoms with Gasteiger partial charge in [0.25, 0.3) is 0 Å². The molecule has 1 saturated heterocycles. The second-order valence-electron chi connectivity index (χ2n) is 5.20. The van der Waals surface area contributed by atoms with Crippen LogP contribution >= 0.6 is 0 Å². The van der Waals surface area contributed by atoms with Crippen LogP contribution < -0.4 is 15.4 Å². The number of nitrogens with one attached hydrogen (secondary N) is 2. The number of anilines is 2. The van der Waals surface area contributed by atoms with Gasteiger partial charge >= 0.3 is 6.01 Å². The van der Waals surface area contributed by atoms with E-state index in [0.717, 1.165) is 26.0 Å². The van der Waals surface area contributed by atoms with E-state index in [-0.39, 0.29) is 11.6 Å². The summed E-state index contributed by atoms with van der Waals surface area (Å²) in [4.78, 5) is 12.8. The van der Waals surface area contributed by atoms with Gasteiger partial charge < -0.3 is 20.1 Å². The van der Waals surface area contributed by atoms with E-state index in [0.29, 0.717) is 17.9 Å². The first-order valence-electron chi connectivity index (χ1n) is 7.01. The Hall–Kier alpha value is -1.63. The first-order chi connectivity index (χ1) is 9.57. The summed E-state index contributed by atoms with van der Waals surface area (Å²) < 4.78 is 10.7. The molecule has 0 bridgehead atoms. The van der Waals surface area contributed by atoms with E-state index in [1.807, 2.05) is 0 Å². The monoisotopic (exact) mass is 281 g/mol. The topological polar surface area (TPSA) is 81.2 Å². The van der Waals surface area contributed by atoms with E-state index in [2.05, 4.69) is 46.4 Å². The second kappa shape index (κ2) is 6.21. The lowest BCUT2D eigenvalue weighted by atomic mass is 9.95. The van der Waals surface area contributed by atoms with Crippen LogP contribution in [0.25, 0.3) is 0 Å². The van der Waals surface area contributed by atoms with Crippen LogP contribution in [-0.4, -0.2) is 46.9 Å². The zero-order chi connectivity index (χ0) is 14.6. The van der Waals surface area contributed by atoms with Crippen LogP contribution in [0.5, 0.6) is 6.01 Å². The van der Waals surface area contributed by atoms with Gasteiger partial charge in [-0.3, -0.25) is 0 Å². The van der Waals surface area contributed by atoms with E-state index in [4.69, 9.17) is 9.47 Å². The van der Waals surface area contributed by atoms with Gasteiger partial charge in [0.15, 0.2) is 0 Å². The molecule has 1 aromatic heterocycles. The summed E-state index contributed by atoms with van der Waals surface area (Å²) in [7, 11) is 1.55. The summed E-state index contributed by atoms with van der Waals surface area (Å²) >= 11 is 0. The maximum Gasteiger partial charge on any atom is 0.322 e. The fourth-order valence-electron chi connectivity index (χ4n) is 2.07. The van der Waals surface area contributed by atoms with Crippen molar-refractivity contribution in [3.63, 3.8) is 0 Å². The molecule has 2 atom stereocenters. The molecule has 2 unspecified atom stereocenters. The predicted molar refractivity (Wildman–Crippen MR) is 77.2 cm³/mol. The van der Waals surface area contributed by atoms with Gasteiger partial charge in [0, 0.05) is 13.2 Å². The van der Waals surface area contributed by atoms with Crippen molar-refractivity contribution in [1.82, 2.24) is 15.0 Å². The molecule has 0 saturated carbocycles. The molecular weight excluding hydrogens is 258 g/mol. The zero-order valence-corrected chi connectivity index (χ0v) is 12.6. The molecule has 2 heterocycles. The highest BCUT2D eigenvalue weighted by Crippen LogP contribution is 2.28. The van der Waals surface area contributed by atoms with Gasteiger partial charge in [0.05, 0.1) is 18.8 Å². The number of nitrogens with zero attached hydrogens (tertiary/aromatic N) is 3. The number of hydrogen-bond donors (Lipinski definition) is 2. The molecule has 0 radical (unpaired) electrons. The zero-order valence-electron chi connectivity index (χ0n) is 12.6. The van der Waals surface area contributed by atoms with Gasteiger partial charge in [0.2, 0.25) is 11.9 Å². The highest BCUT2D eigenvalue weighted by atomic mass is 16.5. The highest BCUT2D eigenvalue weighted by Gasteiger charge is 2.37. The van der Waals surface area contributed by atoms with Gasteiger partial charge in [-0.2, -0.15) is 15.0 Å². The van der Waals surface area contributed by atoms with Gasteiger partial charge in [-0.05, 0) is 26.7 Å². The molecule has 2 N–H and O–H groups in total. The molecule has 7 heteroatoms. The predicted octanol–water partition coefficient (Wildman–Crippen LogP) is 1.68. The number of rotatable bonds is 6. The van der Waals surface area contributed by atoms with Crippen LogP contribution in [-0.2, 0) is 4.74 Å². The minimum atomic E-state index is -0.172. The molecule has 1 aliphatic heterocycles. The molecule has 0 amide bonds. The summed E-state index contributed by atoms with van der Waals surface area (Å²) in [6.07, 6.45) is 2.02. The van der Waals surface area contributed by atoms with Crippen molar-refractivity contribution in [2.45, 2.75) is 45.3 Å². The van der Waals surface area contributed by atoms with E-state index < -0.39 is 0 Å². The van der Waals surface area contributed by atoms with Gasteiger partial charge in [0.1, 0.15) is 0 Å². The maximum atomic E-state index is 5.61. The lowest BCUT2D eigenvalue weighted by Gasteiger charge is -2.28. The van der Waals surface area contributed by atoms with Crippen molar-refractivity contribution >= 4 is 11.9 Å². The van der Waals surface area contributed by atoms with Crippen molar-refractivity contribution in [2.75, 3.05) is 30.9 Å². The summed E-state index contributed by atoms with van der Waals surface area (Å²) in [5.41, 5.74) is -0.172. The standard InChI is InChI=1S/C13H23N5O2/c1-5-7-14-10-15-11(17-12(16-10)19-4)18-13(3)6-8-20-9(13)2/h9H,5-8H2,1-4H3,(H2,14,15,16,17,18). The minimum absolute atomic E-state index is 0.109. The lowest BCUT2D eigenvalue weighted by molar-refractivity contribution is 0.105. The van der Waals surface area contributed by atoms with Gasteiger partial charge in [-0.1, -0.05) is 6.92 Å². The molecule has 0 aromatic carbocycles. The fourth-order valence-corrected chi connectivity index (χ4v) is 2.07. The molecule has 1 fully saturated rings. The van der Waals surface area contributed by atoms with Crippen molar-refractivity contribution in [1.29, 1.82) is 0 Å². The molecule has 112 valence electrons. The molecule has 0 spiro atoms. The average Bonchev–Trinajstić information content (AvgIpc) is 2.75. The average molecular weight is 281 g/mol. The Morgan fingerprint density at radius 3 is 2.70 bits per heavy atom. The molecule has 0 aliphatic carbocycles. The first kappa shape index (κ1) is 14.8. The minimum Gasteiger partial charge on any atom is -0.467 e. The van der Waals surface area contributed by atoms with Crippen LogP contribution in [0.3, 0.4) is 0 Å². The molecular formula is C13H23N5O2. The smallest absolute Gasteiger partial charge is 0.322 e. The number of hydrogen-bond acceptors (Lipinski definition) is 7. The maximum absolute atomic E-state index is 5.61. The van der Waals surface area contributed by atoms with Crippen molar-refractivity contribution < 1.29 is 9.47 Å². The Labute approximate surface area is 119 Å². The Kier molecular flexibility index (Phi) is 4.59. The lowest BCUT2D eigenvalue weighted by Crippen LogP contribution is -2.41. The SMILES string of the molecule is CCCNc1nc(NC2(C)CCOC2C)nc(OC)n1. The van der Waals surface area contributed by atoms with Gasteiger partial charge in [-0.25, -0.2) is 0 Å². The third kappa shape index (κ3) is 3.27. The molecule has 1 aromatic rings. The molecule has 2 rings (SSSR count). The quantitative estimate of drug-likeness (QED) is 0.821. The Bertz CT molecular complexity index is 456. The fraction of sp³-hybridized carbons (Fsp3) is 0.769. The summed E-state index contributed by atoms with van der Waals surface area (Å²) in [5.74, 6) is 1.03. The van der Waals surface area contributed by atoms with E-state index in [1.165, 1.54) is 0 Å². The van der Waals surface area contributed by atoms with Crippen molar-refractivity contribution in [3.05, 3.63) is 0 Å². The normalized spacial score (nSPS) is 25.5. The number of ether oxygens (including phenoxy) is 2. The third-order valence-electron chi connectivity index (χ3n) is 3.61. The molecule has 20 heavy (non-hydrogen) atoms. The highest BCUT2D eigenvalue weighted by molar-refractivity contribution is 5.38. The van der Waals surface area contributed by atoms with E-state index in [1.54, 1.807) is 7.11 Å². The first-order valence-corrected chi connectivity index (χ1v) is 7.01. The van der Waals surface area contributed by atoms with E-state index >= 15 is 0 Å². The van der Waals surface area contributed by atoms with Crippen LogP contribution in [0, 0.1) is 0 Å². The summed E-state index contributed by atoms with van der Waals surface area (Å²) in [5, 5.41) is 6.50. The Morgan fingerprint density at radius 1 is 1.35 bits per heavy atom. The summed E-state index contributed by atoms with van der Waals surface area (Å²) in [6.45, 7) is 7.80. The molecule has 1 aliphatic rings. The Balaban J connectivity index is 2.17. The molecule has 7 nitrogen and oxygen atoms in total. The van der Waals surface area contributed by atoms with Crippen molar-refractivity contribution in [2.24, 2.45) is 0 Å². The van der Waals surface area contributed by atoms with Crippen LogP contribution in [0.4, 0.5) is 11.9 Å².